The summed E-state index contributed by atoms with van der Waals surface area (Å²) in [6.07, 6.45) is 1.61. The number of carbonyl (C=O) groups is 1. The number of nitriles is 1. The first kappa shape index (κ1) is 17.0. The van der Waals surface area contributed by atoms with Crippen molar-refractivity contribution in [3.63, 3.8) is 0 Å². The smallest absolute Gasteiger partial charge is 0.288 e. The number of aryl methyl sites for hydroxylation is 1. The predicted molar refractivity (Wildman–Crippen MR) is 84.8 cm³/mol. The fourth-order valence-electron chi connectivity index (χ4n) is 1.76. The molecule has 0 atom stereocenters. The summed E-state index contributed by atoms with van der Waals surface area (Å²) in [4.78, 5) is 16.4. The van der Waals surface area contributed by atoms with Crippen molar-refractivity contribution in [2.45, 2.75) is 38.3 Å². The number of hydrogen-bond acceptors (Lipinski definition) is 6. The minimum atomic E-state index is -0.241. The summed E-state index contributed by atoms with van der Waals surface area (Å²) in [5.41, 5.74) is 1.36. The summed E-state index contributed by atoms with van der Waals surface area (Å²) >= 11 is 1.23. The Bertz CT molecular complexity index is 736. The van der Waals surface area contributed by atoms with Gasteiger partial charge in [0.05, 0.1) is 11.3 Å². The molecule has 8 heteroatoms. The number of pyridine rings is 1. The quantitative estimate of drug-likeness (QED) is 0.643. The molecule has 120 valence electrons. The highest BCUT2D eigenvalue weighted by molar-refractivity contribution is 8.00. The van der Waals surface area contributed by atoms with Gasteiger partial charge in [0.1, 0.15) is 11.1 Å². The summed E-state index contributed by atoms with van der Waals surface area (Å²) in [5.74, 6) is 0.447. The maximum Gasteiger partial charge on any atom is 0.302 e. The van der Waals surface area contributed by atoms with E-state index in [4.69, 9.17) is 9.78 Å². The van der Waals surface area contributed by atoms with Gasteiger partial charge in [-0.3, -0.25) is 14.6 Å². The van der Waals surface area contributed by atoms with Crippen LogP contribution in [0, 0.1) is 11.3 Å². The molecule has 0 bridgehead atoms. The summed E-state index contributed by atoms with van der Waals surface area (Å²) in [6, 6.07) is 5.68. The molecule has 2 heterocycles. The van der Waals surface area contributed by atoms with Crippen molar-refractivity contribution in [3.8, 4) is 6.07 Å². The van der Waals surface area contributed by atoms with Gasteiger partial charge in [0.15, 0.2) is 6.54 Å². The molecule has 2 aromatic rings. The zero-order chi connectivity index (χ0) is 16.8. The molecule has 0 aliphatic carbocycles. The van der Waals surface area contributed by atoms with Gasteiger partial charge < -0.3 is 0 Å². The minimum absolute atomic E-state index is 0.135. The molecule has 0 aliphatic rings. The van der Waals surface area contributed by atoms with Crippen LogP contribution in [0.4, 0.5) is 5.88 Å². The van der Waals surface area contributed by atoms with Crippen LogP contribution in [-0.2, 0) is 11.3 Å². The van der Waals surface area contributed by atoms with Gasteiger partial charge in [-0.05, 0) is 25.0 Å². The van der Waals surface area contributed by atoms with Crippen molar-refractivity contribution in [1.82, 2.24) is 10.3 Å². The standard InChI is InChI=1S/C15H17N5O2S/c1-4-20-8-14(22-19-20)18-13(21)9-23-15-11(7-16)5-6-12(17-15)10(2)3/h5-6,8,10H,4,9H2,1-3H3/p+1. The highest BCUT2D eigenvalue weighted by Gasteiger charge is 2.14. The second-order valence-electron chi connectivity index (χ2n) is 5.11. The second kappa shape index (κ2) is 7.74. The van der Waals surface area contributed by atoms with Crippen molar-refractivity contribution < 1.29 is 14.0 Å². The third kappa shape index (κ3) is 4.53. The third-order valence-corrected chi connectivity index (χ3v) is 4.02. The number of aromatic nitrogens is 3. The maximum atomic E-state index is 12.0. The van der Waals surface area contributed by atoms with E-state index in [-0.39, 0.29) is 17.6 Å². The average molecular weight is 332 g/mol. The first-order chi connectivity index (χ1) is 11.0. The molecule has 0 spiro atoms. The number of anilines is 1. The molecule has 23 heavy (non-hydrogen) atoms. The predicted octanol–water partition coefficient (Wildman–Crippen LogP) is 2.10. The van der Waals surface area contributed by atoms with Crippen LogP contribution < -0.4 is 10.00 Å². The van der Waals surface area contributed by atoms with Crippen LogP contribution in [0.15, 0.2) is 27.9 Å². The molecule has 1 amide bonds. The van der Waals surface area contributed by atoms with Crippen LogP contribution in [0.2, 0.25) is 0 Å². The minimum Gasteiger partial charge on any atom is -0.288 e. The molecule has 2 aromatic heterocycles. The van der Waals surface area contributed by atoms with Crippen LogP contribution in [0.25, 0.3) is 0 Å². The van der Waals surface area contributed by atoms with Gasteiger partial charge in [0, 0.05) is 5.69 Å². The van der Waals surface area contributed by atoms with Gasteiger partial charge in [-0.15, -0.1) is 0 Å². The van der Waals surface area contributed by atoms with Gasteiger partial charge in [0.2, 0.25) is 11.2 Å². The molecular weight excluding hydrogens is 314 g/mol. The maximum absolute atomic E-state index is 12.0. The summed E-state index contributed by atoms with van der Waals surface area (Å²) in [6.45, 7) is 6.64. The molecule has 2 rings (SSSR count). The van der Waals surface area contributed by atoms with E-state index in [0.29, 0.717) is 23.0 Å². The zero-order valence-corrected chi connectivity index (χ0v) is 14.1. The van der Waals surface area contributed by atoms with Gasteiger partial charge in [0.25, 0.3) is 6.20 Å². The number of nitrogens with one attached hydrogen (secondary N) is 1. The number of thioether (sulfide) groups is 1. The fraction of sp³-hybridized carbons (Fsp3) is 0.400. The van der Waals surface area contributed by atoms with Crippen molar-refractivity contribution >= 4 is 23.6 Å². The Kier molecular flexibility index (Phi) is 5.71. The summed E-state index contributed by atoms with van der Waals surface area (Å²) in [7, 11) is 0. The monoisotopic (exact) mass is 332 g/mol. The molecular formula is C15H18N5O2S+. The second-order valence-corrected chi connectivity index (χ2v) is 6.08. The largest absolute Gasteiger partial charge is 0.302 e. The molecule has 0 unspecified atom stereocenters. The molecule has 0 radical (unpaired) electrons. The molecule has 7 nitrogen and oxygen atoms in total. The fourth-order valence-corrected chi connectivity index (χ4v) is 2.54. The molecule has 0 saturated heterocycles. The number of nitrogens with zero attached hydrogens (tertiary/aromatic N) is 4. The van der Waals surface area contributed by atoms with Crippen LogP contribution >= 0.6 is 11.8 Å². The Balaban J connectivity index is 2.00. The van der Waals surface area contributed by atoms with E-state index in [2.05, 4.69) is 21.6 Å². The lowest BCUT2D eigenvalue weighted by Crippen LogP contribution is -2.32. The van der Waals surface area contributed by atoms with Crippen LogP contribution in [0.3, 0.4) is 0 Å². The van der Waals surface area contributed by atoms with E-state index in [1.165, 1.54) is 11.8 Å². The Hall–Kier alpha value is -2.40. The van der Waals surface area contributed by atoms with E-state index in [1.807, 2.05) is 26.8 Å². The Morgan fingerprint density at radius 2 is 2.30 bits per heavy atom. The lowest BCUT2D eigenvalue weighted by molar-refractivity contribution is -0.759. The topological polar surface area (TPSA) is 95.7 Å². The van der Waals surface area contributed by atoms with Crippen LogP contribution in [-0.4, -0.2) is 21.9 Å². The molecule has 0 fully saturated rings. The highest BCUT2D eigenvalue weighted by atomic mass is 32.2. The first-order valence-electron chi connectivity index (χ1n) is 7.23. The van der Waals surface area contributed by atoms with Gasteiger partial charge in [-0.1, -0.05) is 30.3 Å². The highest BCUT2D eigenvalue weighted by Crippen LogP contribution is 2.23. The Morgan fingerprint density at radius 3 is 2.91 bits per heavy atom. The van der Waals surface area contributed by atoms with Crippen molar-refractivity contribution in [1.29, 1.82) is 5.26 Å². The average Bonchev–Trinajstić information content (AvgIpc) is 3.00. The number of hydrogen-bond donors (Lipinski definition) is 1. The number of amides is 1. The van der Waals surface area contributed by atoms with E-state index < -0.39 is 0 Å². The Morgan fingerprint density at radius 1 is 1.52 bits per heavy atom. The van der Waals surface area contributed by atoms with Gasteiger partial charge in [-0.25, -0.2) is 4.98 Å². The van der Waals surface area contributed by atoms with E-state index in [9.17, 15) is 4.79 Å². The molecule has 0 aliphatic heterocycles. The van der Waals surface area contributed by atoms with Gasteiger partial charge in [-0.2, -0.15) is 5.26 Å². The first-order valence-corrected chi connectivity index (χ1v) is 8.22. The van der Waals surface area contributed by atoms with Crippen LogP contribution in [0.5, 0.6) is 0 Å². The van der Waals surface area contributed by atoms with Crippen molar-refractivity contribution in [2.24, 2.45) is 0 Å². The Labute approximate surface area is 138 Å². The molecule has 0 saturated carbocycles. The SMILES string of the molecule is CC[n+]1cc(NC(=O)CSc2nc(C(C)C)ccc2C#N)on1. The van der Waals surface area contributed by atoms with Crippen molar-refractivity contribution in [3.05, 3.63) is 29.6 Å². The summed E-state index contributed by atoms with van der Waals surface area (Å²) < 4.78 is 6.55. The summed E-state index contributed by atoms with van der Waals surface area (Å²) in [5, 5.41) is 16.1. The number of rotatable bonds is 6. The molecule has 1 N–H and O–H groups in total. The zero-order valence-electron chi connectivity index (χ0n) is 13.2. The van der Waals surface area contributed by atoms with Gasteiger partial charge >= 0.3 is 5.88 Å². The number of carbonyl (C=O) groups excluding carboxylic acids is 1. The normalized spacial score (nSPS) is 10.6. The lowest BCUT2D eigenvalue weighted by atomic mass is 10.1. The van der Waals surface area contributed by atoms with E-state index in [0.717, 1.165) is 5.69 Å². The lowest BCUT2D eigenvalue weighted by Gasteiger charge is -2.08. The van der Waals surface area contributed by atoms with Crippen LogP contribution in [0.1, 0.15) is 37.9 Å². The van der Waals surface area contributed by atoms with Crippen molar-refractivity contribution in [2.75, 3.05) is 11.1 Å². The third-order valence-electron chi connectivity index (χ3n) is 3.03. The molecule has 0 aromatic carbocycles. The van der Waals surface area contributed by atoms with E-state index >= 15 is 0 Å². The van der Waals surface area contributed by atoms with E-state index in [1.54, 1.807) is 16.9 Å².